The Bertz CT molecular complexity index is 405. The van der Waals surface area contributed by atoms with Crippen molar-refractivity contribution in [3.05, 3.63) is 35.4 Å². The van der Waals surface area contributed by atoms with Gasteiger partial charge in [0.2, 0.25) is 0 Å². The number of ether oxygens (including phenoxy) is 1. The van der Waals surface area contributed by atoms with Crippen molar-refractivity contribution < 1.29 is 23.0 Å². The molecule has 1 aromatic rings. The van der Waals surface area contributed by atoms with Gasteiger partial charge in [0.25, 0.3) is 0 Å². The molecular formula is C13H15F3O2. The molecule has 1 unspecified atom stereocenters. The lowest BCUT2D eigenvalue weighted by Gasteiger charge is -2.43. The predicted octanol–water partition coefficient (Wildman–Crippen LogP) is 3.44. The first-order chi connectivity index (χ1) is 8.33. The molecule has 100 valence electrons. The smallest absolute Gasteiger partial charge is 0.368 e. The largest absolute Gasteiger partial charge is 0.416 e. The molecule has 2 nitrogen and oxygen atoms in total. The molecule has 1 aromatic carbocycles. The second-order valence-electron chi connectivity index (χ2n) is 4.64. The van der Waals surface area contributed by atoms with E-state index in [0.29, 0.717) is 5.56 Å². The lowest BCUT2D eigenvalue weighted by Crippen LogP contribution is -2.39. The first-order valence-electron chi connectivity index (χ1n) is 5.87. The Morgan fingerprint density at radius 3 is 2.11 bits per heavy atom. The van der Waals surface area contributed by atoms with E-state index in [-0.39, 0.29) is 0 Å². The van der Waals surface area contributed by atoms with Gasteiger partial charge in [0, 0.05) is 0 Å². The van der Waals surface area contributed by atoms with Crippen LogP contribution in [0.2, 0.25) is 0 Å². The Balaban J connectivity index is 2.23. The number of halogens is 3. The van der Waals surface area contributed by atoms with E-state index >= 15 is 0 Å². The summed E-state index contributed by atoms with van der Waals surface area (Å²) >= 11 is 0. The van der Waals surface area contributed by atoms with E-state index in [1.54, 1.807) is 0 Å². The summed E-state index contributed by atoms with van der Waals surface area (Å²) < 4.78 is 42.8. The molecule has 1 fully saturated rings. The minimum Gasteiger partial charge on any atom is -0.368 e. The number of benzene rings is 1. The molecule has 5 heteroatoms. The van der Waals surface area contributed by atoms with Gasteiger partial charge in [-0.3, -0.25) is 0 Å². The summed E-state index contributed by atoms with van der Waals surface area (Å²) in [6, 6.07) is 4.98. The molecule has 0 amide bonds. The number of alkyl halides is 3. The van der Waals surface area contributed by atoms with E-state index in [1.807, 2.05) is 0 Å². The van der Waals surface area contributed by atoms with Gasteiger partial charge in [0.1, 0.15) is 0 Å². The molecule has 0 aromatic heterocycles. The van der Waals surface area contributed by atoms with Crippen LogP contribution < -0.4 is 0 Å². The van der Waals surface area contributed by atoms with Crippen LogP contribution >= 0.6 is 0 Å². The van der Waals surface area contributed by atoms with Crippen LogP contribution in [0.4, 0.5) is 13.2 Å². The van der Waals surface area contributed by atoms with Crippen LogP contribution in [0.5, 0.6) is 0 Å². The molecule has 1 aliphatic rings. The highest BCUT2D eigenvalue weighted by Crippen LogP contribution is 2.45. The average Bonchev–Trinajstić information content (AvgIpc) is 2.22. The predicted molar refractivity (Wildman–Crippen MR) is 59.7 cm³/mol. The van der Waals surface area contributed by atoms with Gasteiger partial charge >= 0.3 is 6.18 Å². The fourth-order valence-corrected chi connectivity index (χ4v) is 2.26. The molecular weight excluding hydrogens is 245 g/mol. The van der Waals surface area contributed by atoms with Crippen molar-refractivity contribution in [3.63, 3.8) is 0 Å². The number of hydrogen-bond donors (Lipinski definition) is 1. The minimum atomic E-state index is -4.32. The summed E-state index contributed by atoms with van der Waals surface area (Å²) in [5.41, 5.74) is -0.585. The second kappa shape index (κ2) is 4.55. The molecule has 1 atom stereocenters. The monoisotopic (exact) mass is 260 g/mol. The van der Waals surface area contributed by atoms with E-state index < -0.39 is 23.6 Å². The Kier molecular flexibility index (Phi) is 3.38. The first kappa shape index (κ1) is 13.4. The maximum atomic E-state index is 12.5. The van der Waals surface area contributed by atoms with Gasteiger partial charge in [-0.2, -0.15) is 13.2 Å². The second-order valence-corrected chi connectivity index (χ2v) is 4.64. The fourth-order valence-electron chi connectivity index (χ4n) is 2.26. The number of rotatable bonds is 3. The third-order valence-corrected chi connectivity index (χ3v) is 3.30. The summed E-state index contributed by atoms with van der Waals surface area (Å²) in [4.78, 5) is 0. The maximum absolute atomic E-state index is 12.5. The molecule has 1 saturated carbocycles. The van der Waals surface area contributed by atoms with E-state index in [9.17, 15) is 18.3 Å². The fraction of sp³-hybridized carbons (Fsp3) is 0.538. The van der Waals surface area contributed by atoms with Crippen molar-refractivity contribution in [1.82, 2.24) is 0 Å². The van der Waals surface area contributed by atoms with Crippen LogP contribution in [-0.2, 0) is 16.5 Å². The molecule has 1 N–H and O–H groups in total. The van der Waals surface area contributed by atoms with Crippen molar-refractivity contribution in [2.24, 2.45) is 0 Å². The topological polar surface area (TPSA) is 29.5 Å². The van der Waals surface area contributed by atoms with Gasteiger partial charge < -0.3 is 9.84 Å². The molecule has 0 spiro atoms. The molecule has 0 bridgehead atoms. The minimum absolute atomic E-state index is 0.613. The number of hydrogen-bond acceptors (Lipinski definition) is 2. The van der Waals surface area contributed by atoms with Crippen molar-refractivity contribution in [2.75, 3.05) is 0 Å². The Hall–Kier alpha value is -1.07. The van der Waals surface area contributed by atoms with Crippen LogP contribution in [0.15, 0.2) is 24.3 Å². The Labute approximate surface area is 103 Å². The lowest BCUT2D eigenvalue weighted by molar-refractivity contribution is -0.211. The number of aliphatic hydroxyl groups excluding tert-OH is 1. The third-order valence-electron chi connectivity index (χ3n) is 3.30. The Morgan fingerprint density at radius 1 is 1.22 bits per heavy atom. The summed E-state index contributed by atoms with van der Waals surface area (Å²) in [5.74, 6) is 0. The van der Waals surface area contributed by atoms with E-state index in [4.69, 9.17) is 4.74 Å². The lowest BCUT2D eigenvalue weighted by atomic mass is 9.74. The van der Waals surface area contributed by atoms with Crippen LogP contribution in [0.1, 0.15) is 37.3 Å². The van der Waals surface area contributed by atoms with Gasteiger partial charge in [0.05, 0.1) is 11.2 Å². The molecule has 0 radical (unpaired) electrons. The zero-order chi connectivity index (χ0) is 13.4. The van der Waals surface area contributed by atoms with Gasteiger partial charge in [-0.15, -0.1) is 0 Å². The average molecular weight is 260 g/mol. The van der Waals surface area contributed by atoms with Crippen molar-refractivity contribution in [2.45, 2.75) is 44.3 Å². The molecule has 0 saturated heterocycles. The molecule has 2 rings (SSSR count). The van der Waals surface area contributed by atoms with E-state index in [1.165, 1.54) is 19.1 Å². The van der Waals surface area contributed by atoms with Crippen LogP contribution in [0, 0.1) is 0 Å². The van der Waals surface area contributed by atoms with E-state index in [0.717, 1.165) is 31.4 Å². The maximum Gasteiger partial charge on any atom is 0.416 e. The van der Waals surface area contributed by atoms with Gasteiger partial charge in [-0.05, 0) is 43.9 Å². The molecule has 0 aliphatic heterocycles. The van der Waals surface area contributed by atoms with Gasteiger partial charge in [0.15, 0.2) is 6.29 Å². The summed E-state index contributed by atoms with van der Waals surface area (Å²) in [6.07, 6.45) is -2.84. The molecule has 18 heavy (non-hydrogen) atoms. The normalized spacial score (nSPS) is 20.3. The first-order valence-corrected chi connectivity index (χ1v) is 5.87. The van der Waals surface area contributed by atoms with Crippen molar-refractivity contribution in [1.29, 1.82) is 0 Å². The van der Waals surface area contributed by atoms with Crippen LogP contribution in [-0.4, -0.2) is 11.4 Å². The van der Waals surface area contributed by atoms with Crippen molar-refractivity contribution in [3.8, 4) is 0 Å². The number of aliphatic hydroxyl groups is 1. The zero-order valence-corrected chi connectivity index (χ0v) is 10.00. The zero-order valence-electron chi connectivity index (χ0n) is 10.00. The Morgan fingerprint density at radius 2 is 1.78 bits per heavy atom. The van der Waals surface area contributed by atoms with Crippen LogP contribution in [0.3, 0.4) is 0 Å². The van der Waals surface area contributed by atoms with Crippen LogP contribution in [0.25, 0.3) is 0 Å². The van der Waals surface area contributed by atoms with Gasteiger partial charge in [-0.1, -0.05) is 12.1 Å². The van der Waals surface area contributed by atoms with Gasteiger partial charge in [-0.25, -0.2) is 0 Å². The van der Waals surface area contributed by atoms with E-state index in [2.05, 4.69) is 0 Å². The quantitative estimate of drug-likeness (QED) is 0.843. The van der Waals surface area contributed by atoms with Crippen molar-refractivity contribution >= 4 is 0 Å². The highest BCUT2D eigenvalue weighted by molar-refractivity contribution is 5.30. The molecule has 1 aliphatic carbocycles. The highest BCUT2D eigenvalue weighted by atomic mass is 19.4. The SMILES string of the molecule is CC(O)OC1(c2ccc(C(F)(F)F)cc2)CCC1. The highest BCUT2D eigenvalue weighted by Gasteiger charge is 2.41. The molecule has 0 heterocycles. The summed E-state index contributed by atoms with van der Waals surface area (Å²) in [7, 11) is 0. The third kappa shape index (κ3) is 2.52. The summed E-state index contributed by atoms with van der Waals surface area (Å²) in [6.45, 7) is 1.50. The summed E-state index contributed by atoms with van der Waals surface area (Å²) in [5, 5.41) is 9.30. The standard InChI is InChI=1S/C13H15F3O2/c1-9(17)18-12(7-2-8-12)10-3-5-11(6-4-10)13(14,15)16/h3-6,9,17H,2,7-8H2,1H3.